The van der Waals surface area contributed by atoms with Gasteiger partial charge in [0.15, 0.2) is 0 Å². The zero-order valence-corrected chi connectivity index (χ0v) is 13.5. The van der Waals surface area contributed by atoms with Crippen LogP contribution in [0.1, 0.15) is 66.4 Å². The first kappa shape index (κ1) is 13.9. The molecule has 3 heterocycles. The van der Waals surface area contributed by atoms with Crippen LogP contribution in [0.15, 0.2) is 4.42 Å². The van der Waals surface area contributed by atoms with Gasteiger partial charge in [0.1, 0.15) is 0 Å². The van der Waals surface area contributed by atoms with Crippen LogP contribution in [-0.4, -0.2) is 31.4 Å². The summed E-state index contributed by atoms with van der Waals surface area (Å²) in [7, 11) is 2.02. The Bertz CT molecular complexity index is 685. The van der Waals surface area contributed by atoms with E-state index >= 15 is 0 Å². The van der Waals surface area contributed by atoms with Crippen molar-refractivity contribution in [2.45, 2.75) is 58.0 Å². The summed E-state index contributed by atoms with van der Waals surface area (Å²) in [5.41, 5.74) is 3.78. The van der Waals surface area contributed by atoms with E-state index in [4.69, 9.17) is 4.42 Å². The Labute approximate surface area is 130 Å². The number of aryl methyl sites for hydroxylation is 2. The Morgan fingerprint density at radius 1 is 1.18 bits per heavy atom. The molecule has 0 radical (unpaired) electrons. The van der Waals surface area contributed by atoms with Gasteiger partial charge in [-0.25, -0.2) is 0 Å². The topological polar surface area (TPSA) is 60.0 Å². The molecule has 0 spiro atoms. The SMILES string of the molecule is Cc1nn(C)c(C)c1[C@@H]1CCCN1Cc1nnc(C2CC2)o1. The number of hydrogen-bond acceptors (Lipinski definition) is 5. The lowest BCUT2D eigenvalue weighted by atomic mass is 10.0. The molecule has 2 aliphatic rings. The van der Waals surface area contributed by atoms with E-state index in [-0.39, 0.29) is 0 Å². The van der Waals surface area contributed by atoms with Crippen LogP contribution in [-0.2, 0) is 13.6 Å². The van der Waals surface area contributed by atoms with Gasteiger partial charge in [0.2, 0.25) is 11.8 Å². The minimum Gasteiger partial charge on any atom is -0.424 e. The molecule has 6 nitrogen and oxygen atoms in total. The number of hydrogen-bond donors (Lipinski definition) is 0. The molecular formula is C16H23N5O. The molecule has 118 valence electrons. The molecule has 1 aliphatic carbocycles. The molecular weight excluding hydrogens is 278 g/mol. The molecule has 4 rings (SSSR count). The summed E-state index contributed by atoms with van der Waals surface area (Å²) in [6, 6.07) is 0.421. The molecule has 2 fully saturated rings. The van der Waals surface area contributed by atoms with Crippen LogP contribution in [0.5, 0.6) is 0 Å². The second kappa shape index (κ2) is 5.19. The van der Waals surface area contributed by atoms with Gasteiger partial charge in [0.05, 0.1) is 12.2 Å². The molecule has 22 heavy (non-hydrogen) atoms. The Balaban J connectivity index is 1.55. The first-order valence-corrected chi connectivity index (χ1v) is 8.20. The van der Waals surface area contributed by atoms with E-state index in [1.165, 1.54) is 36.9 Å². The van der Waals surface area contributed by atoms with Crippen molar-refractivity contribution in [3.8, 4) is 0 Å². The lowest BCUT2D eigenvalue weighted by Gasteiger charge is -2.23. The second-order valence-corrected chi connectivity index (χ2v) is 6.64. The van der Waals surface area contributed by atoms with Crippen LogP contribution < -0.4 is 0 Å². The lowest BCUT2D eigenvalue weighted by molar-refractivity contribution is 0.220. The van der Waals surface area contributed by atoms with Crippen LogP contribution >= 0.6 is 0 Å². The van der Waals surface area contributed by atoms with Crippen molar-refractivity contribution in [3.05, 3.63) is 28.7 Å². The molecule has 0 aromatic carbocycles. The van der Waals surface area contributed by atoms with Crippen molar-refractivity contribution >= 4 is 0 Å². The number of rotatable bonds is 4. The molecule has 1 atom stereocenters. The normalized spacial score (nSPS) is 22.6. The van der Waals surface area contributed by atoms with Crippen LogP contribution in [0, 0.1) is 13.8 Å². The van der Waals surface area contributed by atoms with Gasteiger partial charge < -0.3 is 4.42 Å². The summed E-state index contributed by atoms with van der Waals surface area (Å²) in [5, 5.41) is 13.0. The Hall–Kier alpha value is -1.69. The summed E-state index contributed by atoms with van der Waals surface area (Å²) >= 11 is 0. The molecule has 2 aromatic rings. The molecule has 0 unspecified atom stereocenters. The van der Waals surface area contributed by atoms with E-state index in [1.54, 1.807) is 0 Å². The smallest absolute Gasteiger partial charge is 0.230 e. The van der Waals surface area contributed by atoms with E-state index < -0.39 is 0 Å². The fourth-order valence-corrected chi connectivity index (χ4v) is 3.61. The molecule has 0 amide bonds. The Morgan fingerprint density at radius 2 is 2.00 bits per heavy atom. The van der Waals surface area contributed by atoms with Crippen molar-refractivity contribution in [2.24, 2.45) is 7.05 Å². The van der Waals surface area contributed by atoms with Crippen LogP contribution in [0.3, 0.4) is 0 Å². The molecule has 1 aliphatic heterocycles. The average Bonchev–Trinajstić information content (AvgIpc) is 2.98. The lowest BCUT2D eigenvalue weighted by Crippen LogP contribution is -2.23. The summed E-state index contributed by atoms with van der Waals surface area (Å²) in [6.07, 6.45) is 4.78. The number of nitrogens with zero attached hydrogens (tertiary/aromatic N) is 5. The second-order valence-electron chi connectivity index (χ2n) is 6.64. The first-order valence-electron chi connectivity index (χ1n) is 8.20. The summed E-state index contributed by atoms with van der Waals surface area (Å²) < 4.78 is 7.82. The van der Waals surface area contributed by atoms with Crippen molar-refractivity contribution in [1.29, 1.82) is 0 Å². The summed E-state index contributed by atoms with van der Waals surface area (Å²) in [4.78, 5) is 2.46. The maximum Gasteiger partial charge on any atom is 0.230 e. The van der Waals surface area contributed by atoms with Crippen LogP contribution in [0.25, 0.3) is 0 Å². The quantitative estimate of drug-likeness (QED) is 0.869. The highest BCUT2D eigenvalue weighted by Gasteiger charge is 2.33. The molecule has 0 N–H and O–H groups in total. The zero-order valence-electron chi connectivity index (χ0n) is 13.5. The molecule has 0 bridgehead atoms. The highest BCUT2D eigenvalue weighted by molar-refractivity contribution is 5.29. The van der Waals surface area contributed by atoms with E-state index in [2.05, 4.69) is 34.0 Å². The van der Waals surface area contributed by atoms with Gasteiger partial charge in [-0.05, 0) is 46.1 Å². The molecule has 1 saturated heterocycles. The third-order valence-electron chi connectivity index (χ3n) is 5.01. The predicted molar refractivity (Wildman–Crippen MR) is 81.3 cm³/mol. The third kappa shape index (κ3) is 2.35. The number of aromatic nitrogens is 4. The maximum absolute atomic E-state index is 5.83. The van der Waals surface area contributed by atoms with E-state index in [0.29, 0.717) is 12.0 Å². The highest BCUT2D eigenvalue weighted by Crippen LogP contribution is 2.40. The van der Waals surface area contributed by atoms with Crippen molar-refractivity contribution < 1.29 is 4.42 Å². The van der Waals surface area contributed by atoms with Crippen LogP contribution in [0.2, 0.25) is 0 Å². The fraction of sp³-hybridized carbons (Fsp3) is 0.688. The van der Waals surface area contributed by atoms with E-state index in [9.17, 15) is 0 Å². The van der Waals surface area contributed by atoms with Gasteiger partial charge in [0, 0.05) is 30.3 Å². The van der Waals surface area contributed by atoms with Crippen molar-refractivity contribution in [1.82, 2.24) is 24.9 Å². The predicted octanol–water partition coefficient (Wildman–Crippen LogP) is 2.63. The van der Waals surface area contributed by atoms with Crippen molar-refractivity contribution in [2.75, 3.05) is 6.54 Å². The zero-order chi connectivity index (χ0) is 15.3. The highest BCUT2D eigenvalue weighted by atomic mass is 16.4. The average molecular weight is 301 g/mol. The monoisotopic (exact) mass is 301 g/mol. The van der Waals surface area contributed by atoms with Gasteiger partial charge in [0.25, 0.3) is 0 Å². The van der Waals surface area contributed by atoms with Gasteiger partial charge in [-0.15, -0.1) is 10.2 Å². The first-order chi connectivity index (χ1) is 10.6. The Morgan fingerprint density at radius 3 is 2.68 bits per heavy atom. The minimum atomic E-state index is 0.421. The van der Waals surface area contributed by atoms with Crippen molar-refractivity contribution in [3.63, 3.8) is 0 Å². The summed E-state index contributed by atoms with van der Waals surface area (Å²) in [6.45, 7) is 6.10. The van der Waals surface area contributed by atoms with Crippen LogP contribution in [0.4, 0.5) is 0 Å². The maximum atomic E-state index is 5.83. The molecule has 1 saturated carbocycles. The van der Waals surface area contributed by atoms with Gasteiger partial charge >= 0.3 is 0 Å². The van der Waals surface area contributed by atoms with E-state index in [0.717, 1.165) is 30.6 Å². The third-order valence-corrected chi connectivity index (χ3v) is 5.01. The van der Waals surface area contributed by atoms with E-state index in [1.807, 2.05) is 11.7 Å². The molecule has 6 heteroatoms. The van der Waals surface area contributed by atoms with Gasteiger partial charge in [-0.1, -0.05) is 0 Å². The van der Waals surface area contributed by atoms with Gasteiger partial charge in [-0.2, -0.15) is 5.10 Å². The minimum absolute atomic E-state index is 0.421. The largest absolute Gasteiger partial charge is 0.424 e. The molecule has 2 aromatic heterocycles. The Kier molecular flexibility index (Phi) is 3.29. The number of likely N-dealkylation sites (tertiary alicyclic amines) is 1. The summed E-state index contributed by atoms with van der Waals surface area (Å²) in [5.74, 6) is 2.12. The fourth-order valence-electron chi connectivity index (χ4n) is 3.61. The standard InChI is InChI=1S/C16H23N5O/c1-10-15(11(2)20(3)19-10)13-5-4-8-21(13)9-14-17-18-16(22-14)12-6-7-12/h12-13H,4-9H2,1-3H3/t13-/m0/s1. The van der Waals surface area contributed by atoms with Gasteiger partial charge in [-0.3, -0.25) is 9.58 Å².